The maximum Gasteiger partial charge on any atom is 0.257 e. The number of halogens is 1. The van der Waals surface area contributed by atoms with Crippen molar-refractivity contribution in [3.05, 3.63) is 35.4 Å². The zero-order chi connectivity index (χ0) is 19.5. The number of aromatic nitrogens is 2. The van der Waals surface area contributed by atoms with Crippen molar-refractivity contribution in [3.63, 3.8) is 0 Å². The lowest BCUT2D eigenvalue weighted by atomic mass is 9.99. The molecule has 1 aromatic heterocycles. The summed E-state index contributed by atoms with van der Waals surface area (Å²) in [6.07, 6.45) is 10.6. The van der Waals surface area contributed by atoms with Gasteiger partial charge in [-0.25, -0.2) is 14.4 Å². The van der Waals surface area contributed by atoms with Gasteiger partial charge in [-0.2, -0.15) is 0 Å². The van der Waals surface area contributed by atoms with Gasteiger partial charge in [0.25, 0.3) is 5.91 Å². The molecular weight excluding hydrogens is 359 g/mol. The Morgan fingerprint density at radius 2 is 2.04 bits per heavy atom. The van der Waals surface area contributed by atoms with Crippen molar-refractivity contribution in [2.75, 3.05) is 38.3 Å². The topological polar surface area (TPSA) is 58.6 Å². The molecule has 1 amide bonds. The van der Waals surface area contributed by atoms with E-state index in [1.165, 1.54) is 0 Å². The van der Waals surface area contributed by atoms with Crippen LogP contribution in [0.2, 0.25) is 0 Å². The summed E-state index contributed by atoms with van der Waals surface area (Å²) in [5, 5.41) is 0. The number of allylic oxidation sites excluding steroid dienone is 4. The first-order valence-electron chi connectivity index (χ1n) is 10.2. The van der Waals surface area contributed by atoms with Gasteiger partial charge >= 0.3 is 0 Å². The van der Waals surface area contributed by atoms with Gasteiger partial charge in [-0.1, -0.05) is 25.0 Å². The number of hydrogen-bond donors (Lipinski definition) is 0. The molecule has 6 nitrogen and oxygen atoms in total. The lowest BCUT2D eigenvalue weighted by Gasteiger charge is -2.28. The molecule has 1 aliphatic heterocycles. The Hall–Kier alpha value is -2.28. The average molecular weight is 386 g/mol. The zero-order valence-corrected chi connectivity index (χ0v) is 16.4. The van der Waals surface area contributed by atoms with E-state index in [1.807, 2.05) is 18.0 Å². The quantitative estimate of drug-likeness (QED) is 0.794. The molecular formula is C21H27FN4O2. The molecule has 0 atom stereocenters. The van der Waals surface area contributed by atoms with E-state index in [4.69, 9.17) is 4.74 Å². The minimum Gasteiger partial charge on any atom is -0.378 e. The highest BCUT2D eigenvalue weighted by atomic mass is 19.1. The second-order valence-corrected chi connectivity index (χ2v) is 7.65. The van der Waals surface area contributed by atoms with Crippen LogP contribution in [0.1, 0.15) is 54.6 Å². The standard InChI is InChI=1S/C21H27FN4O2/c1-25(15-6-2-3-7-15)20(27)17-14-23-21(26-10-12-28-13-11-26)24-19(17)16-8-4-5-9-18(16)22/h4,8,14-15H,2-3,5-7,9-13H2,1H3. The molecule has 2 fully saturated rings. The number of hydrogen-bond acceptors (Lipinski definition) is 5. The van der Waals surface area contributed by atoms with Gasteiger partial charge < -0.3 is 14.5 Å². The fourth-order valence-corrected chi connectivity index (χ4v) is 4.14. The van der Waals surface area contributed by atoms with Crippen molar-refractivity contribution in [1.82, 2.24) is 14.9 Å². The van der Waals surface area contributed by atoms with Crippen molar-refractivity contribution < 1.29 is 13.9 Å². The van der Waals surface area contributed by atoms with Gasteiger partial charge in [0.2, 0.25) is 5.95 Å². The van der Waals surface area contributed by atoms with Gasteiger partial charge in [-0.05, 0) is 19.3 Å². The maximum absolute atomic E-state index is 14.7. The fourth-order valence-electron chi connectivity index (χ4n) is 4.14. The third-order valence-corrected chi connectivity index (χ3v) is 5.86. The summed E-state index contributed by atoms with van der Waals surface area (Å²) in [5.74, 6) is 0.180. The maximum atomic E-state index is 14.7. The number of rotatable bonds is 4. The third-order valence-electron chi connectivity index (χ3n) is 5.86. The molecule has 3 aliphatic rings. The summed E-state index contributed by atoms with van der Waals surface area (Å²) >= 11 is 0. The largest absolute Gasteiger partial charge is 0.378 e. The van der Waals surface area contributed by atoms with Crippen LogP contribution in [-0.4, -0.2) is 60.2 Å². The molecule has 0 N–H and O–H groups in total. The summed E-state index contributed by atoms with van der Waals surface area (Å²) in [4.78, 5) is 26.2. The Kier molecular flexibility index (Phi) is 5.71. The molecule has 0 spiro atoms. The van der Waals surface area contributed by atoms with Gasteiger partial charge in [0.15, 0.2) is 0 Å². The van der Waals surface area contributed by atoms with Crippen LogP contribution in [0.5, 0.6) is 0 Å². The van der Waals surface area contributed by atoms with Crippen LogP contribution >= 0.6 is 0 Å². The number of anilines is 1. The van der Waals surface area contributed by atoms with Gasteiger partial charge in [-0.3, -0.25) is 4.79 Å². The summed E-state index contributed by atoms with van der Waals surface area (Å²) in [6, 6.07) is 0.236. The van der Waals surface area contributed by atoms with Crippen molar-refractivity contribution in [1.29, 1.82) is 0 Å². The van der Waals surface area contributed by atoms with E-state index >= 15 is 0 Å². The highest BCUT2D eigenvalue weighted by molar-refractivity contribution is 5.99. The SMILES string of the molecule is CN(C(=O)c1cnc(N2CCOCC2)nc1C1=C(F)CCC=C1)C1CCCC1. The van der Waals surface area contributed by atoms with E-state index in [0.29, 0.717) is 61.9 Å². The second-order valence-electron chi connectivity index (χ2n) is 7.65. The molecule has 2 aliphatic carbocycles. The van der Waals surface area contributed by atoms with E-state index < -0.39 is 0 Å². The molecule has 4 rings (SSSR count). The van der Waals surface area contributed by atoms with Crippen molar-refractivity contribution in [2.45, 2.75) is 44.6 Å². The van der Waals surface area contributed by atoms with E-state index in [0.717, 1.165) is 25.7 Å². The molecule has 0 radical (unpaired) electrons. The Bertz CT molecular complexity index is 796. The van der Waals surface area contributed by atoms with Gasteiger partial charge in [-0.15, -0.1) is 0 Å². The first-order chi connectivity index (χ1) is 13.6. The minimum absolute atomic E-state index is 0.130. The Morgan fingerprint density at radius 1 is 1.29 bits per heavy atom. The molecule has 150 valence electrons. The summed E-state index contributed by atoms with van der Waals surface area (Å²) in [6.45, 7) is 2.60. The average Bonchev–Trinajstić information content (AvgIpc) is 3.28. The first-order valence-corrected chi connectivity index (χ1v) is 10.2. The first kappa shape index (κ1) is 19.1. The molecule has 0 bridgehead atoms. The summed E-state index contributed by atoms with van der Waals surface area (Å²) < 4.78 is 20.1. The lowest BCUT2D eigenvalue weighted by Crippen LogP contribution is -2.38. The van der Waals surface area contributed by atoms with E-state index in [-0.39, 0.29) is 17.8 Å². The summed E-state index contributed by atoms with van der Waals surface area (Å²) in [7, 11) is 1.83. The molecule has 0 aromatic carbocycles. The monoisotopic (exact) mass is 386 g/mol. The predicted molar refractivity (Wildman–Crippen MR) is 106 cm³/mol. The van der Waals surface area contributed by atoms with Crippen LogP contribution in [0.25, 0.3) is 5.57 Å². The van der Waals surface area contributed by atoms with Crippen LogP contribution in [0.4, 0.5) is 10.3 Å². The number of ether oxygens (including phenoxy) is 1. The van der Waals surface area contributed by atoms with Crippen molar-refractivity contribution in [2.24, 2.45) is 0 Å². The Balaban J connectivity index is 1.72. The molecule has 28 heavy (non-hydrogen) atoms. The number of carbonyl (C=O) groups is 1. The minimum atomic E-state index is -0.216. The van der Waals surface area contributed by atoms with E-state index in [1.54, 1.807) is 17.2 Å². The predicted octanol–water partition coefficient (Wildman–Crippen LogP) is 3.36. The Labute approximate surface area is 165 Å². The van der Waals surface area contributed by atoms with Crippen LogP contribution < -0.4 is 4.90 Å². The molecule has 2 heterocycles. The number of nitrogens with zero attached hydrogens (tertiary/aromatic N) is 4. The lowest BCUT2D eigenvalue weighted by molar-refractivity contribution is 0.0734. The molecule has 0 unspecified atom stereocenters. The second kappa shape index (κ2) is 8.39. The van der Waals surface area contributed by atoms with Crippen molar-refractivity contribution in [3.8, 4) is 0 Å². The van der Waals surface area contributed by atoms with Crippen LogP contribution in [-0.2, 0) is 4.74 Å². The van der Waals surface area contributed by atoms with Crippen LogP contribution in [0.15, 0.2) is 24.2 Å². The van der Waals surface area contributed by atoms with Crippen LogP contribution in [0, 0.1) is 0 Å². The number of morpholine rings is 1. The van der Waals surface area contributed by atoms with Crippen LogP contribution in [0.3, 0.4) is 0 Å². The van der Waals surface area contributed by atoms with Gasteiger partial charge in [0.1, 0.15) is 5.83 Å². The smallest absolute Gasteiger partial charge is 0.257 e. The summed E-state index contributed by atoms with van der Waals surface area (Å²) in [5.41, 5.74) is 1.19. The highest BCUT2D eigenvalue weighted by Gasteiger charge is 2.29. The van der Waals surface area contributed by atoms with Gasteiger partial charge in [0, 0.05) is 44.4 Å². The molecule has 1 aromatic rings. The molecule has 1 saturated carbocycles. The van der Waals surface area contributed by atoms with Gasteiger partial charge in [0.05, 0.1) is 24.5 Å². The molecule has 1 saturated heterocycles. The number of amides is 1. The van der Waals surface area contributed by atoms with E-state index in [9.17, 15) is 9.18 Å². The zero-order valence-electron chi connectivity index (χ0n) is 16.4. The Morgan fingerprint density at radius 3 is 2.75 bits per heavy atom. The third kappa shape index (κ3) is 3.81. The molecule has 7 heteroatoms. The van der Waals surface area contributed by atoms with Crippen molar-refractivity contribution >= 4 is 17.4 Å². The fraction of sp³-hybridized carbons (Fsp3) is 0.571. The number of carbonyl (C=O) groups excluding carboxylic acids is 1. The highest BCUT2D eigenvalue weighted by Crippen LogP contribution is 2.32. The normalized spacial score (nSPS) is 20.7. The van der Waals surface area contributed by atoms with E-state index in [2.05, 4.69) is 9.97 Å².